The maximum Gasteiger partial charge on any atom is 0.265 e. The summed E-state index contributed by atoms with van der Waals surface area (Å²) < 4.78 is 13.5. The van der Waals surface area contributed by atoms with Crippen LogP contribution in [0.25, 0.3) is 6.08 Å². The molecule has 0 aromatic heterocycles. The Bertz CT molecular complexity index is 1470. The number of hydrogen-bond donors (Lipinski definition) is 1. The van der Waals surface area contributed by atoms with Crippen LogP contribution in [0.5, 0.6) is 0 Å². The fourth-order valence-corrected chi connectivity index (χ4v) is 5.11. The van der Waals surface area contributed by atoms with Gasteiger partial charge in [0.25, 0.3) is 11.8 Å². The minimum Gasteiger partial charge on any atom is -0.348 e. The van der Waals surface area contributed by atoms with Crippen molar-refractivity contribution in [2.24, 2.45) is 0 Å². The number of thioether (sulfide) groups is 1. The molecule has 1 heterocycles. The summed E-state index contributed by atoms with van der Waals surface area (Å²) in [5.74, 6) is -0.710. The lowest BCUT2D eigenvalue weighted by molar-refractivity contribution is -0.114. The number of anilines is 1. The van der Waals surface area contributed by atoms with Crippen LogP contribution in [0.1, 0.15) is 32.6 Å². The minimum atomic E-state index is -0.332. The Hall–Kier alpha value is -4.16. The molecule has 4 aromatic rings. The molecule has 2 amide bonds. The zero-order chi connectivity index (χ0) is 25.8. The Morgan fingerprint density at radius 1 is 0.919 bits per heavy atom. The fraction of sp³-hybridized carbons (Fsp3) is 0.0968. The lowest BCUT2D eigenvalue weighted by Gasteiger charge is -2.31. The zero-order valence-corrected chi connectivity index (χ0v) is 21.1. The predicted octanol–water partition coefficient (Wildman–Crippen LogP) is 6.74. The molecule has 0 saturated carbocycles. The van der Waals surface area contributed by atoms with Crippen molar-refractivity contribution in [2.45, 2.75) is 24.9 Å². The first-order valence-corrected chi connectivity index (χ1v) is 12.8. The van der Waals surface area contributed by atoms with Crippen molar-refractivity contribution in [3.05, 3.63) is 136 Å². The number of rotatable bonds is 6. The SMILES string of the molecule is Cc1ccc(CNC(=O)c2ccc3c(c2)N(Cc2ccc(F)cc2)C(=O)C(=Cc2ccccc2)S3)cc1. The van der Waals surface area contributed by atoms with Crippen LogP contribution in [0.4, 0.5) is 10.1 Å². The van der Waals surface area contributed by atoms with Gasteiger partial charge in [0.05, 0.1) is 17.1 Å². The maximum atomic E-state index is 13.6. The van der Waals surface area contributed by atoms with Gasteiger partial charge in [0, 0.05) is 17.0 Å². The van der Waals surface area contributed by atoms with Crippen molar-refractivity contribution in [3.63, 3.8) is 0 Å². The molecule has 0 unspecified atom stereocenters. The second-order valence-electron chi connectivity index (χ2n) is 8.89. The van der Waals surface area contributed by atoms with Gasteiger partial charge >= 0.3 is 0 Å². The number of carbonyl (C=O) groups is 2. The molecule has 4 nitrogen and oxygen atoms in total. The Kier molecular flexibility index (Phi) is 7.19. The second-order valence-corrected chi connectivity index (χ2v) is 9.97. The van der Waals surface area contributed by atoms with E-state index in [1.165, 1.54) is 23.9 Å². The van der Waals surface area contributed by atoms with E-state index in [1.54, 1.807) is 29.2 Å². The van der Waals surface area contributed by atoms with Crippen LogP contribution in [-0.2, 0) is 17.9 Å². The second kappa shape index (κ2) is 10.8. The first kappa shape index (κ1) is 24.5. The zero-order valence-electron chi connectivity index (χ0n) is 20.3. The smallest absolute Gasteiger partial charge is 0.265 e. The maximum absolute atomic E-state index is 13.6. The van der Waals surface area contributed by atoms with E-state index in [1.807, 2.05) is 73.7 Å². The third-order valence-electron chi connectivity index (χ3n) is 6.11. The van der Waals surface area contributed by atoms with E-state index in [9.17, 15) is 14.0 Å². The Labute approximate surface area is 219 Å². The van der Waals surface area contributed by atoms with Gasteiger partial charge in [0.15, 0.2) is 0 Å². The van der Waals surface area contributed by atoms with E-state index < -0.39 is 0 Å². The van der Waals surface area contributed by atoms with Crippen molar-refractivity contribution in [1.82, 2.24) is 5.32 Å². The number of aryl methyl sites for hydroxylation is 1. The van der Waals surface area contributed by atoms with Crippen LogP contribution >= 0.6 is 11.8 Å². The fourth-order valence-electron chi connectivity index (χ4n) is 4.07. The molecule has 1 aliphatic rings. The molecular weight excluding hydrogens is 483 g/mol. The molecule has 1 N–H and O–H groups in total. The third-order valence-corrected chi connectivity index (χ3v) is 7.19. The van der Waals surface area contributed by atoms with E-state index in [2.05, 4.69) is 5.32 Å². The summed E-state index contributed by atoms with van der Waals surface area (Å²) >= 11 is 1.39. The number of benzene rings is 4. The number of nitrogens with one attached hydrogen (secondary N) is 1. The van der Waals surface area contributed by atoms with Crippen molar-refractivity contribution < 1.29 is 14.0 Å². The standard InChI is InChI=1S/C31H25FN2O2S/c1-21-7-9-23(10-8-21)19-33-30(35)25-13-16-28-27(18-25)34(20-24-11-14-26(32)15-12-24)31(36)29(37-28)17-22-5-3-2-4-6-22/h2-18H,19-20H2,1H3,(H,33,35). The Morgan fingerprint density at radius 3 is 2.35 bits per heavy atom. The normalized spacial score (nSPS) is 13.9. The van der Waals surface area contributed by atoms with Crippen LogP contribution < -0.4 is 10.2 Å². The molecule has 37 heavy (non-hydrogen) atoms. The van der Waals surface area contributed by atoms with Gasteiger partial charge in [-0.25, -0.2) is 4.39 Å². The highest BCUT2D eigenvalue weighted by molar-refractivity contribution is 8.04. The van der Waals surface area contributed by atoms with E-state index in [0.29, 0.717) is 22.7 Å². The number of halogens is 1. The monoisotopic (exact) mass is 508 g/mol. The first-order chi connectivity index (χ1) is 18.0. The molecule has 0 saturated heterocycles. The highest BCUT2D eigenvalue weighted by Crippen LogP contribution is 2.43. The highest BCUT2D eigenvalue weighted by atomic mass is 32.2. The van der Waals surface area contributed by atoms with Crippen LogP contribution in [0, 0.1) is 12.7 Å². The number of hydrogen-bond acceptors (Lipinski definition) is 3. The third kappa shape index (κ3) is 5.81. The van der Waals surface area contributed by atoms with Crippen molar-refractivity contribution in [1.29, 1.82) is 0 Å². The summed E-state index contributed by atoms with van der Waals surface area (Å²) in [5, 5.41) is 2.96. The van der Waals surface area contributed by atoms with E-state index in [4.69, 9.17) is 0 Å². The van der Waals surface area contributed by atoms with Crippen molar-refractivity contribution in [2.75, 3.05) is 4.90 Å². The van der Waals surface area contributed by atoms with Crippen LogP contribution in [0.3, 0.4) is 0 Å². The van der Waals surface area contributed by atoms with Crippen LogP contribution in [0.15, 0.2) is 107 Å². The van der Waals surface area contributed by atoms with Gasteiger partial charge in [-0.05, 0) is 60.0 Å². The largest absolute Gasteiger partial charge is 0.348 e. The molecular formula is C31H25FN2O2S. The van der Waals surface area contributed by atoms with Gasteiger partial charge in [-0.2, -0.15) is 0 Å². The lowest BCUT2D eigenvalue weighted by atomic mass is 10.1. The van der Waals surface area contributed by atoms with Crippen LogP contribution in [0.2, 0.25) is 0 Å². The minimum absolute atomic E-state index is 0.164. The molecule has 0 bridgehead atoms. The quantitative estimate of drug-likeness (QED) is 0.293. The number of nitrogens with zero attached hydrogens (tertiary/aromatic N) is 1. The van der Waals surface area contributed by atoms with Gasteiger partial charge < -0.3 is 10.2 Å². The van der Waals surface area contributed by atoms with Crippen LogP contribution in [-0.4, -0.2) is 11.8 Å². The number of carbonyl (C=O) groups excluding carboxylic acids is 2. The van der Waals surface area contributed by atoms with E-state index in [-0.39, 0.29) is 24.2 Å². The van der Waals surface area contributed by atoms with Gasteiger partial charge in [0.2, 0.25) is 0 Å². The molecule has 0 radical (unpaired) electrons. The van der Waals surface area contributed by atoms with E-state index >= 15 is 0 Å². The summed E-state index contributed by atoms with van der Waals surface area (Å²) in [6.07, 6.45) is 1.87. The topological polar surface area (TPSA) is 49.4 Å². The van der Waals surface area contributed by atoms with Crippen molar-refractivity contribution in [3.8, 4) is 0 Å². The number of amides is 2. The summed E-state index contributed by atoms with van der Waals surface area (Å²) in [7, 11) is 0. The molecule has 184 valence electrons. The number of fused-ring (bicyclic) bond motifs is 1. The lowest BCUT2D eigenvalue weighted by Crippen LogP contribution is -2.34. The van der Waals surface area contributed by atoms with Gasteiger partial charge in [-0.15, -0.1) is 0 Å². The highest BCUT2D eigenvalue weighted by Gasteiger charge is 2.30. The average Bonchev–Trinajstić information content (AvgIpc) is 2.92. The summed E-state index contributed by atoms with van der Waals surface area (Å²) in [6.45, 7) is 2.69. The molecule has 1 aliphatic heterocycles. The molecule has 0 fully saturated rings. The molecule has 0 spiro atoms. The molecule has 0 atom stereocenters. The average molecular weight is 509 g/mol. The first-order valence-electron chi connectivity index (χ1n) is 11.9. The van der Waals surface area contributed by atoms with Gasteiger partial charge in [0.1, 0.15) is 5.82 Å². The summed E-state index contributed by atoms with van der Waals surface area (Å²) in [5.41, 5.74) is 5.02. The summed E-state index contributed by atoms with van der Waals surface area (Å²) in [4.78, 5) is 29.7. The van der Waals surface area contributed by atoms with Crippen molar-refractivity contribution >= 4 is 35.3 Å². The molecule has 0 aliphatic carbocycles. The Morgan fingerprint density at radius 2 is 1.62 bits per heavy atom. The summed E-state index contributed by atoms with van der Waals surface area (Å²) in [6, 6.07) is 29.2. The Balaban J connectivity index is 1.45. The molecule has 4 aromatic carbocycles. The molecule has 6 heteroatoms. The van der Waals surface area contributed by atoms with Gasteiger partial charge in [-0.3, -0.25) is 9.59 Å². The predicted molar refractivity (Wildman–Crippen MR) is 147 cm³/mol. The van der Waals surface area contributed by atoms with Gasteiger partial charge in [-0.1, -0.05) is 84.1 Å². The van der Waals surface area contributed by atoms with E-state index in [0.717, 1.165) is 27.1 Å². The molecule has 5 rings (SSSR count).